The summed E-state index contributed by atoms with van der Waals surface area (Å²) in [7, 11) is 0. The quantitative estimate of drug-likeness (QED) is 0.547. The van der Waals surface area contributed by atoms with Gasteiger partial charge in [-0.15, -0.1) is 11.8 Å². The van der Waals surface area contributed by atoms with E-state index in [1.54, 1.807) is 13.3 Å². The van der Waals surface area contributed by atoms with Crippen LogP contribution in [0.4, 0.5) is 0 Å². The monoisotopic (exact) mass is 287 g/mol. The van der Waals surface area contributed by atoms with E-state index in [9.17, 15) is 4.79 Å². The van der Waals surface area contributed by atoms with Gasteiger partial charge in [-0.05, 0) is 25.3 Å². The summed E-state index contributed by atoms with van der Waals surface area (Å²) in [4.78, 5) is 20.8. The van der Waals surface area contributed by atoms with Crippen LogP contribution in [0.3, 0.4) is 0 Å². The second-order valence-electron chi connectivity index (χ2n) is 4.14. The molecule has 0 N–H and O–H groups in total. The van der Waals surface area contributed by atoms with Gasteiger partial charge in [-0.1, -0.05) is 12.1 Å². The third kappa shape index (κ3) is 1.92. The number of hydrogen-bond acceptors (Lipinski definition) is 5. The van der Waals surface area contributed by atoms with Crippen molar-refractivity contribution in [3.8, 4) is 0 Å². The van der Waals surface area contributed by atoms with Gasteiger partial charge in [0.05, 0.1) is 17.6 Å². The Kier molecular flexibility index (Phi) is 3.31. The molecule has 2 aromatic heterocycles. The number of nitrogens with zero attached hydrogens (tertiary/aromatic N) is 3. The molecule has 0 radical (unpaired) electrons. The molecule has 3 aromatic rings. The Bertz CT molecular complexity index is 798. The lowest BCUT2D eigenvalue weighted by molar-refractivity contribution is 0.0522. The number of carbonyl (C=O) groups excluding carboxylic acids is 1. The fraction of sp³-hybridized carbons (Fsp3) is 0.214. The van der Waals surface area contributed by atoms with Crippen LogP contribution >= 0.6 is 11.8 Å². The van der Waals surface area contributed by atoms with Crippen molar-refractivity contribution in [3.05, 3.63) is 36.3 Å². The van der Waals surface area contributed by atoms with Crippen LogP contribution in [0, 0.1) is 0 Å². The fourth-order valence-electron chi connectivity index (χ4n) is 2.15. The van der Waals surface area contributed by atoms with Gasteiger partial charge in [0.25, 0.3) is 0 Å². The van der Waals surface area contributed by atoms with Crippen LogP contribution in [0.15, 0.2) is 35.6 Å². The van der Waals surface area contributed by atoms with Crippen LogP contribution in [0.25, 0.3) is 16.6 Å². The molecule has 0 atom stereocenters. The van der Waals surface area contributed by atoms with Crippen LogP contribution in [0.1, 0.15) is 17.4 Å². The number of benzene rings is 1. The minimum atomic E-state index is -0.414. The topological polar surface area (TPSA) is 56.5 Å². The van der Waals surface area contributed by atoms with Gasteiger partial charge in [-0.2, -0.15) is 0 Å². The van der Waals surface area contributed by atoms with Gasteiger partial charge in [0.1, 0.15) is 16.9 Å². The Labute approximate surface area is 120 Å². The molecule has 0 saturated carbocycles. The summed E-state index contributed by atoms with van der Waals surface area (Å²) < 4.78 is 6.94. The molecule has 0 amide bonds. The normalized spacial score (nSPS) is 11.1. The summed E-state index contributed by atoms with van der Waals surface area (Å²) in [6.07, 6.45) is 3.57. The van der Waals surface area contributed by atoms with E-state index in [-0.39, 0.29) is 0 Å². The zero-order valence-electron chi connectivity index (χ0n) is 11.2. The minimum absolute atomic E-state index is 0.314. The smallest absolute Gasteiger partial charge is 0.359 e. The highest BCUT2D eigenvalue weighted by Crippen LogP contribution is 2.26. The first-order valence-electron chi connectivity index (χ1n) is 6.23. The number of hydrogen-bond donors (Lipinski definition) is 0. The SMILES string of the molecule is CCOC(=O)c1ncn2c1c(SC)nc1ccccc12. The second kappa shape index (κ2) is 5.13. The van der Waals surface area contributed by atoms with Gasteiger partial charge >= 0.3 is 5.97 Å². The molecule has 20 heavy (non-hydrogen) atoms. The lowest BCUT2D eigenvalue weighted by Gasteiger charge is -2.06. The first-order chi connectivity index (χ1) is 9.76. The van der Waals surface area contributed by atoms with Crippen LogP contribution < -0.4 is 0 Å². The van der Waals surface area contributed by atoms with E-state index in [4.69, 9.17) is 4.74 Å². The molecule has 5 nitrogen and oxygen atoms in total. The summed E-state index contributed by atoms with van der Waals surface area (Å²) in [6, 6.07) is 7.77. The van der Waals surface area contributed by atoms with Crippen LogP contribution in [0.5, 0.6) is 0 Å². The molecular formula is C14H13N3O2S. The van der Waals surface area contributed by atoms with Crippen molar-refractivity contribution in [2.45, 2.75) is 11.9 Å². The number of ether oxygens (including phenoxy) is 1. The van der Waals surface area contributed by atoms with Crippen molar-refractivity contribution in [3.63, 3.8) is 0 Å². The molecular weight excluding hydrogens is 274 g/mol. The summed E-state index contributed by atoms with van der Waals surface area (Å²) >= 11 is 1.49. The molecule has 0 bridgehead atoms. The number of esters is 1. The van der Waals surface area contributed by atoms with Gasteiger partial charge in [0.15, 0.2) is 5.69 Å². The molecule has 0 saturated heterocycles. The number of para-hydroxylation sites is 2. The number of thioether (sulfide) groups is 1. The molecule has 0 aliphatic carbocycles. The van der Waals surface area contributed by atoms with Crippen LogP contribution in [-0.2, 0) is 4.74 Å². The summed E-state index contributed by atoms with van der Waals surface area (Å²) in [5, 5.41) is 0.768. The van der Waals surface area contributed by atoms with Crippen molar-refractivity contribution in [2.24, 2.45) is 0 Å². The van der Waals surface area contributed by atoms with Gasteiger partial charge in [-0.25, -0.2) is 14.8 Å². The molecule has 1 aromatic carbocycles. The Morgan fingerprint density at radius 3 is 2.95 bits per heavy atom. The van der Waals surface area contributed by atoms with E-state index in [0.717, 1.165) is 16.1 Å². The minimum Gasteiger partial charge on any atom is -0.461 e. The van der Waals surface area contributed by atoms with Crippen LogP contribution in [-0.4, -0.2) is 33.2 Å². The molecule has 0 aliphatic heterocycles. The Morgan fingerprint density at radius 1 is 1.40 bits per heavy atom. The fourth-order valence-corrected chi connectivity index (χ4v) is 2.73. The molecule has 2 heterocycles. The largest absolute Gasteiger partial charge is 0.461 e. The van der Waals surface area contributed by atoms with Gasteiger partial charge in [0, 0.05) is 0 Å². The highest BCUT2D eigenvalue weighted by Gasteiger charge is 2.19. The molecule has 6 heteroatoms. The maximum absolute atomic E-state index is 12.0. The molecule has 0 spiro atoms. The number of carbonyl (C=O) groups is 1. The third-order valence-corrected chi connectivity index (χ3v) is 3.67. The summed E-state index contributed by atoms with van der Waals surface area (Å²) in [6.45, 7) is 2.10. The molecule has 0 unspecified atom stereocenters. The van der Waals surface area contributed by atoms with E-state index in [2.05, 4.69) is 9.97 Å². The van der Waals surface area contributed by atoms with Gasteiger partial charge < -0.3 is 4.74 Å². The highest BCUT2D eigenvalue weighted by molar-refractivity contribution is 7.98. The number of rotatable bonds is 3. The third-order valence-electron chi connectivity index (χ3n) is 3.00. The zero-order chi connectivity index (χ0) is 14.1. The standard InChI is InChI=1S/C14H13N3O2S/c1-3-19-14(18)11-12-13(20-2)16-9-6-4-5-7-10(9)17(12)8-15-11/h4-8H,3H2,1-2H3. The zero-order valence-corrected chi connectivity index (χ0v) is 12.0. The summed E-state index contributed by atoms with van der Waals surface area (Å²) in [5.41, 5.74) is 2.81. The van der Waals surface area contributed by atoms with Gasteiger partial charge in [0.2, 0.25) is 0 Å². The second-order valence-corrected chi connectivity index (χ2v) is 4.94. The van der Waals surface area contributed by atoms with Crippen molar-refractivity contribution < 1.29 is 9.53 Å². The lowest BCUT2D eigenvalue weighted by Crippen LogP contribution is -2.06. The molecule has 3 rings (SSSR count). The van der Waals surface area contributed by atoms with Crippen molar-refractivity contribution >= 4 is 34.3 Å². The van der Waals surface area contributed by atoms with Gasteiger partial charge in [-0.3, -0.25) is 4.40 Å². The molecule has 0 fully saturated rings. The highest BCUT2D eigenvalue weighted by atomic mass is 32.2. The average Bonchev–Trinajstić information content (AvgIpc) is 2.92. The van der Waals surface area contributed by atoms with Crippen molar-refractivity contribution in [1.29, 1.82) is 0 Å². The first kappa shape index (κ1) is 12.9. The predicted molar refractivity (Wildman–Crippen MR) is 78.2 cm³/mol. The van der Waals surface area contributed by atoms with E-state index >= 15 is 0 Å². The molecule has 0 aliphatic rings. The number of fused-ring (bicyclic) bond motifs is 3. The Morgan fingerprint density at radius 2 is 2.20 bits per heavy atom. The van der Waals surface area contributed by atoms with E-state index < -0.39 is 5.97 Å². The predicted octanol–water partition coefficient (Wildman–Crippen LogP) is 2.78. The maximum atomic E-state index is 12.0. The first-order valence-corrected chi connectivity index (χ1v) is 7.45. The average molecular weight is 287 g/mol. The van der Waals surface area contributed by atoms with Crippen molar-refractivity contribution in [2.75, 3.05) is 12.9 Å². The van der Waals surface area contributed by atoms with Crippen LogP contribution in [0.2, 0.25) is 0 Å². The lowest BCUT2D eigenvalue weighted by atomic mass is 10.3. The van der Waals surface area contributed by atoms with E-state index in [0.29, 0.717) is 17.8 Å². The van der Waals surface area contributed by atoms with E-state index in [1.807, 2.05) is 34.9 Å². The Hall–Kier alpha value is -2.08. The summed E-state index contributed by atoms with van der Waals surface area (Å²) in [5.74, 6) is -0.414. The van der Waals surface area contributed by atoms with Crippen molar-refractivity contribution in [1.82, 2.24) is 14.4 Å². The Balaban J connectivity index is 2.35. The molecule has 102 valence electrons. The number of imidazole rings is 1. The maximum Gasteiger partial charge on any atom is 0.359 e. The number of aromatic nitrogens is 3. The van der Waals surface area contributed by atoms with E-state index in [1.165, 1.54) is 11.8 Å².